The number of aldehydes is 1. The van der Waals surface area contributed by atoms with Crippen LogP contribution in [0.2, 0.25) is 0 Å². The highest BCUT2D eigenvalue weighted by Gasteiger charge is 2.10. The van der Waals surface area contributed by atoms with E-state index < -0.39 is 6.04 Å². The summed E-state index contributed by atoms with van der Waals surface area (Å²) in [6.07, 6.45) is 0.679. The van der Waals surface area contributed by atoms with Crippen molar-refractivity contribution in [2.45, 2.75) is 6.04 Å². The van der Waals surface area contributed by atoms with Gasteiger partial charge in [-0.2, -0.15) is 0 Å². The van der Waals surface area contributed by atoms with Gasteiger partial charge in [-0.15, -0.1) is 0 Å². The fourth-order valence-electron chi connectivity index (χ4n) is 1.02. The van der Waals surface area contributed by atoms with Crippen molar-refractivity contribution in [3.05, 3.63) is 35.6 Å². The van der Waals surface area contributed by atoms with E-state index in [4.69, 9.17) is 0 Å². The van der Waals surface area contributed by atoms with Gasteiger partial charge in [-0.1, -0.05) is 18.2 Å². The maximum Gasteiger partial charge on any atom is 0.141 e. The molecule has 1 rings (SSSR count). The average Bonchev–Trinajstić information content (AvgIpc) is 2.10. The first-order valence-electron chi connectivity index (χ1n) is 3.66. The molecule has 0 spiro atoms. The van der Waals surface area contributed by atoms with Crippen molar-refractivity contribution in [1.82, 2.24) is 5.32 Å². The SMILES string of the molecule is CN[C@H](C=O)c1ccccc1F. The third-order valence-electron chi connectivity index (χ3n) is 1.69. The highest BCUT2D eigenvalue weighted by Crippen LogP contribution is 2.13. The van der Waals surface area contributed by atoms with Gasteiger partial charge in [0.25, 0.3) is 0 Å². The Hall–Kier alpha value is -1.22. The Morgan fingerprint density at radius 2 is 2.17 bits per heavy atom. The molecule has 64 valence electrons. The maximum absolute atomic E-state index is 13.0. The first-order valence-corrected chi connectivity index (χ1v) is 3.66. The zero-order valence-electron chi connectivity index (χ0n) is 6.75. The van der Waals surface area contributed by atoms with Crippen LogP contribution in [0.15, 0.2) is 24.3 Å². The van der Waals surface area contributed by atoms with Gasteiger partial charge in [0.05, 0.1) is 6.04 Å². The van der Waals surface area contributed by atoms with Gasteiger partial charge in [0.1, 0.15) is 12.1 Å². The fraction of sp³-hybridized carbons (Fsp3) is 0.222. The van der Waals surface area contributed by atoms with Gasteiger partial charge in [-0.05, 0) is 13.1 Å². The standard InChI is InChI=1S/C9H10FNO/c1-11-9(6-12)7-4-2-3-5-8(7)10/h2-6,9,11H,1H3/t9-/m1/s1. The first kappa shape index (κ1) is 8.87. The lowest BCUT2D eigenvalue weighted by Crippen LogP contribution is -2.18. The van der Waals surface area contributed by atoms with Gasteiger partial charge in [0.2, 0.25) is 0 Å². The lowest BCUT2D eigenvalue weighted by molar-refractivity contribution is -0.109. The van der Waals surface area contributed by atoms with Crippen molar-refractivity contribution in [2.75, 3.05) is 7.05 Å². The van der Waals surface area contributed by atoms with Gasteiger partial charge in [0.15, 0.2) is 0 Å². The number of benzene rings is 1. The van der Waals surface area contributed by atoms with Crippen molar-refractivity contribution in [1.29, 1.82) is 0 Å². The zero-order chi connectivity index (χ0) is 8.97. The van der Waals surface area contributed by atoms with Crippen LogP contribution in [0.5, 0.6) is 0 Å². The topological polar surface area (TPSA) is 29.1 Å². The molecular formula is C9H10FNO. The molecule has 3 heteroatoms. The number of halogens is 1. The van der Waals surface area contributed by atoms with Gasteiger partial charge >= 0.3 is 0 Å². The van der Waals surface area contributed by atoms with Gasteiger partial charge in [0, 0.05) is 5.56 Å². The first-order chi connectivity index (χ1) is 5.79. The fourth-order valence-corrected chi connectivity index (χ4v) is 1.02. The normalized spacial score (nSPS) is 12.5. The third-order valence-corrected chi connectivity index (χ3v) is 1.69. The summed E-state index contributed by atoms with van der Waals surface area (Å²) < 4.78 is 13.0. The predicted molar refractivity (Wildman–Crippen MR) is 44.3 cm³/mol. The zero-order valence-corrected chi connectivity index (χ0v) is 6.75. The number of nitrogens with one attached hydrogen (secondary N) is 1. The minimum absolute atomic E-state index is 0.357. The van der Waals surface area contributed by atoms with Crippen LogP contribution in [0.4, 0.5) is 4.39 Å². The van der Waals surface area contributed by atoms with E-state index in [0.717, 1.165) is 0 Å². The molecule has 0 unspecified atom stereocenters. The molecule has 0 radical (unpaired) electrons. The molecule has 0 saturated carbocycles. The molecule has 0 bridgehead atoms. The second kappa shape index (κ2) is 3.97. The minimum Gasteiger partial charge on any atom is -0.307 e. The van der Waals surface area contributed by atoms with E-state index in [1.165, 1.54) is 6.07 Å². The largest absolute Gasteiger partial charge is 0.307 e. The lowest BCUT2D eigenvalue weighted by atomic mass is 10.1. The van der Waals surface area contributed by atoms with Crippen molar-refractivity contribution in [2.24, 2.45) is 0 Å². The molecule has 12 heavy (non-hydrogen) atoms. The number of hydrogen-bond acceptors (Lipinski definition) is 2. The lowest BCUT2D eigenvalue weighted by Gasteiger charge is -2.09. The van der Waals surface area contributed by atoms with Crippen molar-refractivity contribution < 1.29 is 9.18 Å². The molecule has 1 N–H and O–H groups in total. The van der Waals surface area contributed by atoms with Crippen molar-refractivity contribution >= 4 is 6.29 Å². The summed E-state index contributed by atoms with van der Waals surface area (Å²) in [6, 6.07) is 5.67. The van der Waals surface area contributed by atoms with E-state index in [9.17, 15) is 9.18 Å². The van der Waals surface area contributed by atoms with Crippen LogP contribution >= 0.6 is 0 Å². The van der Waals surface area contributed by atoms with Gasteiger partial charge in [-0.3, -0.25) is 0 Å². The molecule has 1 aromatic rings. The second-order valence-electron chi connectivity index (χ2n) is 2.42. The number of likely N-dealkylation sites (N-methyl/N-ethyl adjacent to an activating group) is 1. The quantitative estimate of drug-likeness (QED) is 0.687. The Morgan fingerprint density at radius 1 is 1.50 bits per heavy atom. The number of carbonyl (C=O) groups excluding carboxylic acids is 1. The Morgan fingerprint density at radius 3 is 2.67 bits per heavy atom. The number of carbonyl (C=O) groups is 1. The van der Waals surface area contributed by atoms with Crippen molar-refractivity contribution in [3.8, 4) is 0 Å². The number of hydrogen-bond donors (Lipinski definition) is 1. The van der Waals surface area contributed by atoms with E-state index in [1.54, 1.807) is 25.2 Å². The second-order valence-corrected chi connectivity index (χ2v) is 2.42. The molecular weight excluding hydrogens is 157 g/mol. The van der Waals surface area contributed by atoms with Crippen LogP contribution in [0.1, 0.15) is 11.6 Å². The maximum atomic E-state index is 13.0. The molecule has 1 aromatic carbocycles. The average molecular weight is 167 g/mol. The molecule has 0 amide bonds. The molecule has 0 aliphatic heterocycles. The number of rotatable bonds is 3. The summed E-state index contributed by atoms with van der Waals surface area (Å²) in [5.74, 6) is -0.357. The Balaban J connectivity index is 3.00. The Bertz CT molecular complexity index is 275. The van der Waals surface area contributed by atoms with E-state index in [2.05, 4.69) is 5.32 Å². The minimum atomic E-state index is -0.550. The summed E-state index contributed by atoms with van der Waals surface area (Å²) >= 11 is 0. The summed E-state index contributed by atoms with van der Waals surface area (Å²) in [4.78, 5) is 10.5. The van der Waals surface area contributed by atoms with E-state index in [0.29, 0.717) is 11.8 Å². The van der Waals surface area contributed by atoms with Gasteiger partial charge < -0.3 is 10.1 Å². The van der Waals surface area contributed by atoms with Crippen LogP contribution in [-0.4, -0.2) is 13.3 Å². The highest BCUT2D eigenvalue weighted by atomic mass is 19.1. The van der Waals surface area contributed by atoms with Crippen molar-refractivity contribution in [3.63, 3.8) is 0 Å². The van der Waals surface area contributed by atoms with Crippen LogP contribution in [0.25, 0.3) is 0 Å². The van der Waals surface area contributed by atoms with Gasteiger partial charge in [-0.25, -0.2) is 4.39 Å². The molecule has 0 fully saturated rings. The third kappa shape index (κ3) is 1.68. The molecule has 0 heterocycles. The van der Waals surface area contributed by atoms with E-state index in [1.807, 2.05) is 0 Å². The summed E-state index contributed by atoms with van der Waals surface area (Å²) in [5.41, 5.74) is 0.384. The summed E-state index contributed by atoms with van der Waals surface area (Å²) in [7, 11) is 1.62. The molecule has 0 aromatic heterocycles. The molecule has 0 aliphatic rings. The Kier molecular flexibility index (Phi) is 2.94. The van der Waals surface area contributed by atoms with E-state index in [-0.39, 0.29) is 5.82 Å². The Labute approximate surface area is 70.4 Å². The van der Waals surface area contributed by atoms with Crippen LogP contribution < -0.4 is 5.32 Å². The van der Waals surface area contributed by atoms with Crippen LogP contribution in [0, 0.1) is 5.82 Å². The highest BCUT2D eigenvalue weighted by molar-refractivity contribution is 5.61. The van der Waals surface area contributed by atoms with E-state index >= 15 is 0 Å². The molecule has 0 saturated heterocycles. The smallest absolute Gasteiger partial charge is 0.141 e. The van der Waals surface area contributed by atoms with Crippen LogP contribution in [-0.2, 0) is 4.79 Å². The summed E-state index contributed by atoms with van der Waals surface area (Å²) in [5, 5.41) is 2.70. The van der Waals surface area contributed by atoms with Crippen LogP contribution in [0.3, 0.4) is 0 Å². The summed E-state index contributed by atoms with van der Waals surface area (Å²) in [6.45, 7) is 0. The molecule has 1 atom stereocenters. The molecule has 0 aliphatic carbocycles. The monoisotopic (exact) mass is 167 g/mol. The molecule has 2 nitrogen and oxygen atoms in total. The predicted octanol–water partition coefficient (Wildman–Crippen LogP) is 1.29.